The van der Waals surface area contributed by atoms with E-state index in [1.165, 1.54) is 0 Å². The summed E-state index contributed by atoms with van der Waals surface area (Å²) in [6.45, 7) is 9.25. The number of nitrogens with two attached hydrogens (primary N) is 1. The number of nitrogens with zero attached hydrogens (tertiary/aromatic N) is 1. The second-order valence-corrected chi connectivity index (χ2v) is 5.37. The summed E-state index contributed by atoms with van der Waals surface area (Å²) in [6.07, 6.45) is 2.77. The van der Waals surface area contributed by atoms with E-state index in [1.807, 2.05) is 19.1 Å². The van der Waals surface area contributed by atoms with E-state index in [0.29, 0.717) is 5.41 Å². The molecule has 2 N–H and O–H groups in total. The summed E-state index contributed by atoms with van der Waals surface area (Å²) in [5.74, 6) is 0.814. The van der Waals surface area contributed by atoms with Gasteiger partial charge in [-0.05, 0) is 30.9 Å². The third-order valence-corrected chi connectivity index (χ3v) is 2.35. The van der Waals surface area contributed by atoms with Crippen LogP contribution in [-0.2, 0) is 0 Å². The van der Waals surface area contributed by atoms with E-state index in [9.17, 15) is 0 Å². The van der Waals surface area contributed by atoms with Gasteiger partial charge in [-0.2, -0.15) is 0 Å². The van der Waals surface area contributed by atoms with Crippen LogP contribution in [0.3, 0.4) is 0 Å². The maximum Gasteiger partial charge on any atom is 0.137 e. The van der Waals surface area contributed by atoms with Crippen LogP contribution in [-0.4, -0.2) is 11.6 Å². The highest BCUT2D eigenvalue weighted by atomic mass is 16.5. The van der Waals surface area contributed by atoms with Crippen molar-refractivity contribution in [2.24, 2.45) is 11.1 Å². The quantitative estimate of drug-likeness (QED) is 0.852. The predicted molar refractivity (Wildman–Crippen MR) is 66.4 cm³/mol. The Kier molecular flexibility index (Phi) is 4.30. The van der Waals surface area contributed by atoms with E-state index in [0.717, 1.165) is 24.5 Å². The standard InChI is InChI=1S/C13H22N2O/c1-10(14)12-6-5-11(9-15-12)16-8-7-13(2,3)4/h5-6,9-10H,7-8,14H2,1-4H3. The average Bonchev–Trinajstić information content (AvgIpc) is 2.16. The average molecular weight is 222 g/mol. The Bertz CT molecular complexity index is 312. The first-order valence-corrected chi connectivity index (χ1v) is 5.73. The number of hydrogen-bond donors (Lipinski definition) is 1. The van der Waals surface area contributed by atoms with Crippen molar-refractivity contribution in [3.63, 3.8) is 0 Å². The van der Waals surface area contributed by atoms with Crippen LogP contribution in [0.15, 0.2) is 18.3 Å². The van der Waals surface area contributed by atoms with Crippen molar-refractivity contribution in [2.45, 2.75) is 40.2 Å². The Morgan fingerprint density at radius 2 is 2.06 bits per heavy atom. The Morgan fingerprint density at radius 3 is 2.50 bits per heavy atom. The summed E-state index contributed by atoms with van der Waals surface area (Å²) < 4.78 is 5.61. The molecule has 1 atom stereocenters. The summed E-state index contributed by atoms with van der Waals surface area (Å²) in [4.78, 5) is 4.24. The summed E-state index contributed by atoms with van der Waals surface area (Å²) in [5, 5.41) is 0. The lowest BCUT2D eigenvalue weighted by Crippen LogP contribution is -2.11. The molecular formula is C13H22N2O. The first-order valence-electron chi connectivity index (χ1n) is 5.73. The molecule has 1 rings (SSSR count). The van der Waals surface area contributed by atoms with Crippen LogP contribution in [0.5, 0.6) is 5.75 Å². The van der Waals surface area contributed by atoms with Crippen molar-refractivity contribution < 1.29 is 4.74 Å². The van der Waals surface area contributed by atoms with E-state index in [2.05, 4.69) is 25.8 Å². The molecular weight excluding hydrogens is 200 g/mol. The van der Waals surface area contributed by atoms with E-state index >= 15 is 0 Å². The van der Waals surface area contributed by atoms with Gasteiger partial charge in [0, 0.05) is 6.04 Å². The minimum atomic E-state index is -0.0244. The second-order valence-electron chi connectivity index (χ2n) is 5.37. The van der Waals surface area contributed by atoms with Crippen LogP contribution < -0.4 is 10.5 Å². The largest absolute Gasteiger partial charge is 0.492 e. The molecule has 0 fully saturated rings. The van der Waals surface area contributed by atoms with E-state index in [1.54, 1.807) is 6.20 Å². The second kappa shape index (κ2) is 5.30. The zero-order chi connectivity index (χ0) is 12.2. The summed E-state index contributed by atoms with van der Waals surface area (Å²) in [7, 11) is 0. The van der Waals surface area contributed by atoms with Gasteiger partial charge < -0.3 is 10.5 Å². The Hall–Kier alpha value is -1.09. The lowest BCUT2D eigenvalue weighted by molar-refractivity contribution is 0.242. The van der Waals surface area contributed by atoms with E-state index in [-0.39, 0.29) is 6.04 Å². The smallest absolute Gasteiger partial charge is 0.137 e. The lowest BCUT2D eigenvalue weighted by atomic mass is 9.93. The van der Waals surface area contributed by atoms with Gasteiger partial charge in [0.2, 0.25) is 0 Å². The molecule has 0 aromatic carbocycles. The molecule has 0 saturated heterocycles. The Morgan fingerprint density at radius 1 is 1.38 bits per heavy atom. The van der Waals surface area contributed by atoms with Crippen molar-refractivity contribution in [2.75, 3.05) is 6.61 Å². The number of ether oxygens (including phenoxy) is 1. The molecule has 1 heterocycles. The summed E-state index contributed by atoms with van der Waals surface area (Å²) in [5.41, 5.74) is 6.91. The molecule has 0 aliphatic heterocycles. The molecule has 3 nitrogen and oxygen atoms in total. The van der Waals surface area contributed by atoms with Crippen molar-refractivity contribution in [3.8, 4) is 5.75 Å². The van der Waals surface area contributed by atoms with Crippen LogP contribution in [0.4, 0.5) is 0 Å². The SMILES string of the molecule is CC(N)c1ccc(OCCC(C)(C)C)cn1. The predicted octanol–water partition coefficient (Wildman–Crippen LogP) is 2.92. The van der Waals surface area contributed by atoms with Gasteiger partial charge in [0.1, 0.15) is 5.75 Å². The van der Waals surface area contributed by atoms with E-state index in [4.69, 9.17) is 10.5 Å². The minimum Gasteiger partial charge on any atom is -0.492 e. The molecule has 0 saturated carbocycles. The van der Waals surface area contributed by atoms with Gasteiger partial charge in [-0.3, -0.25) is 4.98 Å². The molecule has 1 aromatic rings. The van der Waals surface area contributed by atoms with Crippen LogP contribution in [0.1, 0.15) is 45.9 Å². The molecule has 0 aliphatic carbocycles. The fourth-order valence-electron chi connectivity index (χ4n) is 1.22. The third kappa shape index (κ3) is 4.62. The highest BCUT2D eigenvalue weighted by molar-refractivity contribution is 5.21. The molecule has 0 spiro atoms. The highest BCUT2D eigenvalue weighted by Gasteiger charge is 2.10. The Labute approximate surface area is 98.0 Å². The van der Waals surface area contributed by atoms with Crippen molar-refractivity contribution in [1.82, 2.24) is 4.98 Å². The van der Waals surface area contributed by atoms with Crippen molar-refractivity contribution in [3.05, 3.63) is 24.0 Å². The van der Waals surface area contributed by atoms with Gasteiger partial charge in [-0.15, -0.1) is 0 Å². The molecule has 0 radical (unpaired) electrons. The molecule has 1 unspecified atom stereocenters. The third-order valence-electron chi connectivity index (χ3n) is 2.35. The topological polar surface area (TPSA) is 48.1 Å². The molecule has 16 heavy (non-hydrogen) atoms. The summed E-state index contributed by atoms with van der Waals surface area (Å²) in [6, 6.07) is 3.81. The fourth-order valence-corrected chi connectivity index (χ4v) is 1.22. The maximum absolute atomic E-state index is 5.72. The van der Waals surface area contributed by atoms with Gasteiger partial charge in [0.15, 0.2) is 0 Å². The molecule has 1 aromatic heterocycles. The van der Waals surface area contributed by atoms with Crippen molar-refractivity contribution in [1.29, 1.82) is 0 Å². The number of rotatable bonds is 4. The van der Waals surface area contributed by atoms with Crippen LogP contribution in [0.25, 0.3) is 0 Å². The highest BCUT2D eigenvalue weighted by Crippen LogP contribution is 2.19. The zero-order valence-corrected chi connectivity index (χ0v) is 10.7. The maximum atomic E-state index is 5.72. The number of hydrogen-bond acceptors (Lipinski definition) is 3. The van der Waals surface area contributed by atoms with Crippen LogP contribution >= 0.6 is 0 Å². The zero-order valence-electron chi connectivity index (χ0n) is 10.7. The molecule has 0 amide bonds. The first-order chi connectivity index (χ1) is 7.38. The molecule has 90 valence electrons. The molecule has 0 bridgehead atoms. The Balaban J connectivity index is 2.44. The van der Waals surface area contributed by atoms with E-state index < -0.39 is 0 Å². The van der Waals surface area contributed by atoms with Gasteiger partial charge >= 0.3 is 0 Å². The van der Waals surface area contributed by atoms with Gasteiger partial charge in [-0.1, -0.05) is 20.8 Å². The van der Waals surface area contributed by atoms with Crippen molar-refractivity contribution >= 4 is 0 Å². The summed E-state index contributed by atoms with van der Waals surface area (Å²) >= 11 is 0. The molecule has 3 heteroatoms. The minimum absolute atomic E-state index is 0.0244. The number of aromatic nitrogens is 1. The molecule has 0 aliphatic rings. The fraction of sp³-hybridized carbons (Fsp3) is 0.615. The van der Waals surface area contributed by atoms with Crippen LogP contribution in [0.2, 0.25) is 0 Å². The first kappa shape index (κ1) is 13.0. The normalized spacial score (nSPS) is 13.6. The van der Waals surface area contributed by atoms with Crippen LogP contribution in [0, 0.1) is 5.41 Å². The number of pyridine rings is 1. The van der Waals surface area contributed by atoms with Gasteiger partial charge in [0.05, 0.1) is 18.5 Å². The van der Waals surface area contributed by atoms with Gasteiger partial charge in [-0.25, -0.2) is 0 Å². The van der Waals surface area contributed by atoms with Gasteiger partial charge in [0.25, 0.3) is 0 Å². The lowest BCUT2D eigenvalue weighted by Gasteiger charge is -2.18. The monoisotopic (exact) mass is 222 g/mol.